The van der Waals surface area contributed by atoms with Gasteiger partial charge in [-0.25, -0.2) is 4.98 Å². The lowest BCUT2D eigenvalue weighted by molar-refractivity contribution is 0.278. The van der Waals surface area contributed by atoms with E-state index in [1.54, 1.807) is 24.4 Å². The maximum absolute atomic E-state index is 6.41. The molecule has 5 rings (SSSR count). The molecule has 2 unspecified atom stereocenters. The van der Waals surface area contributed by atoms with Crippen molar-refractivity contribution in [3.05, 3.63) is 64.3 Å². The lowest BCUT2D eigenvalue weighted by Crippen LogP contribution is -2.29. The molecule has 2 aromatic heterocycles. The number of nitrogens with zero attached hydrogens (tertiary/aromatic N) is 6. The first-order valence-electron chi connectivity index (χ1n) is 11.1. The van der Waals surface area contributed by atoms with Gasteiger partial charge < -0.3 is 10.6 Å². The molecule has 0 spiro atoms. The van der Waals surface area contributed by atoms with Crippen LogP contribution in [0.3, 0.4) is 0 Å². The summed E-state index contributed by atoms with van der Waals surface area (Å²) in [4.78, 5) is 7.00. The minimum Gasteiger partial charge on any atom is -0.383 e. The first-order valence-corrected chi connectivity index (χ1v) is 11.9. The van der Waals surface area contributed by atoms with E-state index in [9.17, 15) is 0 Å². The number of anilines is 1. The first-order chi connectivity index (χ1) is 16.0. The Bertz CT molecular complexity index is 1230. The summed E-state index contributed by atoms with van der Waals surface area (Å²) >= 11 is 12.6. The summed E-state index contributed by atoms with van der Waals surface area (Å²) in [6, 6.07) is 7.29. The van der Waals surface area contributed by atoms with Crippen LogP contribution in [0.25, 0.3) is 22.6 Å². The van der Waals surface area contributed by atoms with Gasteiger partial charge in [0.25, 0.3) is 0 Å². The molecule has 0 amide bonds. The highest BCUT2D eigenvalue weighted by Gasteiger charge is 2.23. The van der Waals surface area contributed by atoms with Crippen molar-refractivity contribution in [1.29, 1.82) is 0 Å². The first kappa shape index (κ1) is 22.1. The lowest BCUT2D eigenvalue weighted by atomic mass is 9.85. The van der Waals surface area contributed by atoms with Gasteiger partial charge in [-0.15, -0.1) is 5.10 Å². The van der Waals surface area contributed by atoms with Gasteiger partial charge in [-0.3, -0.25) is 0 Å². The van der Waals surface area contributed by atoms with Gasteiger partial charge in [-0.05, 0) is 72.0 Å². The molecule has 1 aliphatic heterocycles. The minimum atomic E-state index is 0.341. The number of aromatic nitrogens is 5. The Morgan fingerprint density at radius 1 is 1.18 bits per heavy atom. The van der Waals surface area contributed by atoms with Crippen LogP contribution in [0, 0.1) is 11.8 Å². The number of pyridine rings is 1. The van der Waals surface area contributed by atoms with Crippen molar-refractivity contribution in [3.8, 4) is 17.1 Å². The molecule has 0 saturated carbocycles. The zero-order valence-corrected chi connectivity index (χ0v) is 19.8. The molecule has 0 radical (unpaired) electrons. The normalized spacial score (nSPS) is 20.9. The third kappa shape index (κ3) is 4.40. The van der Waals surface area contributed by atoms with Gasteiger partial charge in [0.15, 0.2) is 5.82 Å². The highest BCUT2D eigenvalue weighted by Crippen LogP contribution is 2.34. The van der Waals surface area contributed by atoms with Crippen LogP contribution in [-0.4, -0.2) is 49.7 Å². The van der Waals surface area contributed by atoms with Gasteiger partial charge >= 0.3 is 0 Å². The van der Waals surface area contributed by atoms with Crippen molar-refractivity contribution < 1.29 is 0 Å². The van der Waals surface area contributed by atoms with Crippen LogP contribution < -0.4 is 5.73 Å². The van der Waals surface area contributed by atoms with Crippen LogP contribution in [0.2, 0.25) is 10.0 Å². The fraction of sp³-hybridized carbons (Fsp3) is 0.333. The van der Waals surface area contributed by atoms with Gasteiger partial charge in [-0.2, -0.15) is 4.68 Å². The second kappa shape index (κ2) is 9.25. The second-order valence-electron chi connectivity index (χ2n) is 8.66. The fourth-order valence-corrected chi connectivity index (χ4v) is 4.91. The number of tetrazole rings is 1. The number of benzene rings is 1. The van der Waals surface area contributed by atoms with Crippen molar-refractivity contribution in [2.75, 3.05) is 25.4 Å². The van der Waals surface area contributed by atoms with E-state index in [2.05, 4.69) is 50.6 Å². The topological polar surface area (TPSA) is 85.7 Å². The largest absolute Gasteiger partial charge is 0.383 e. The molecule has 1 saturated heterocycles. The van der Waals surface area contributed by atoms with Crippen LogP contribution in [0.4, 0.5) is 5.82 Å². The molecule has 2 aliphatic rings. The Hall–Kier alpha value is -2.74. The van der Waals surface area contributed by atoms with Crippen molar-refractivity contribution in [1.82, 2.24) is 30.1 Å². The molecule has 170 valence electrons. The van der Waals surface area contributed by atoms with E-state index in [0.717, 1.165) is 17.7 Å². The average Bonchev–Trinajstić information content (AvgIpc) is 3.50. The number of rotatable bonds is 5. The monoisotopic (exact) mass is 481 g/mol. The molecule has 0 bridgehead atoms. The predicted octanol–water partition coefficient (Wildman–Crippen LogP) is 4.91. The molecule has 1 aliphatic carbocycles. The van der Waals surface area contributed by atoms with Crippen LogP contribution >= 0.6 is 23.2 Å². The standard InChI is InChI=1S/C24H25Cl2N7/c1-15-11-16(7-8-17(15)14-32-9-2-3-10-32)18-12-19(23(27)28-13-18)24-29-30-31-33(24)21-6-4-5-20(25)22(21)26/h4-8,11-13,15,17H,2-3,9-10,14H2,1H3,(H2,27,28). The molecule has 2 atom stereocenters. The second-order valence-corrected chi connectivity index (χ2v) is 9.44. The van der Waals surface area contributed by atoms with E-state index in [0.29, 0.717) is 44.8 Å². The number of halogens is 2. The van der Waals surface area contributed by atoms with E-state index >= 15 is 0 Å². The third-order valence-corrected chi connectivity index (χ3v) is 7.24. The smallest absolute Gasteiger partial charge is 0.190 e. The summed E-state index contributed by atoms with van der Waals surface area (Å²) in [5, 5.41) is 12.9. The molecule has 33 heavy (non-hydrogen) atoms. The zero-order valence-electron chi connectivity index (χ0n) is 18.3. The van der Waals surface area contributed by atoms with Gasteiger partial charge in [0.2, 0.25) is 0 Å². The van der Waals surface area contributed by atoms with E-state index in [1.165, 1.54) is 30.6 Å². The summed E-state index contributed by atoms with van der Waals surface area (Å²) in [6.07, 6.45) is 11.2. The van der Waals surface area contributed by atoms with E-state index in [-0.39, 0.29) is 0 Å². The maximum atomic E-state index is 6.41. The highest BCUT2D eigenvalue weighted by molar-refractivity contribution is 6.43. The molecule has 9 heteroatoms. The summed E-state index contributed by atoms with van der Waals surface area (Å²) < 4.78 is 1.53. The molecule has 3 heterocycles. The van der Waals surface area contributed by atoms with Crippen LogP contribution in [-0.2, 0) is 0 Å². The summed E-state index contributed by atoms with van der Waals surface area (Å²) in [5.74, 6) is 1.74. The maximum Gasteiger partial charge on any atom is 0.190 e. The Morgan fingerprint density at radius 3 is 2.79 bits per heavy atom. The number of nitrogens with two attached hydrogens (primary N) is 1. The van der Waals surface area contributed by atoms with E-state index < -0.39 is 0 Å². The van der Waals surface area contributed by atoms with Crippen molar-refractivity contribution in [3.63, 3.8) is 0 Å². The molecule has 1 fully saturated rings. The van der Waals surface area contributed by atoms with Crippen molar-refractivity contribution >= 4 is 34.6 Å². The quantitative estimate of drug-likeness (QED) is 0.556. The zero-order chi connectivity index (χ0) is 22.9. The lowest BCUT2D eigenvalue weighted by Gasteiger charge is -2.27. The molecule has 3 aromatic rings. The summed E-state index contributed by atoms with van der Waals surface area (Å²) in [7, 11) is 0. The number of nitrogen functional groups attached to an aromatic ring is 1. The highest BCUT2D eigenvalue weighted by atomic mass is 35.5. The Kier molecular flexibility index (Phi) is 6.19. The van der Waals surface area contributed by atoms with Crippen LogP contribution in [0.1, 0.15) is 25.3 Å². The molecular weight excluding hydrogens is 457 g/mol. The molecular formula is C24H25Cl2N7. The number of likely N-dealkylation sites (tertiary alicyclic amines) is 1. The van der Waals surface area contributed by atoms with Crippen LogP contribution in [0.5, 0.6) is 0 Å². The fourth-order valence-electron chi connectivity index (χ4n) is 4.53. The van der Waals surface area contributed by atoms with Gasteiger partial charge in [0, 0.05) is 18.3 Å². The number of allylic oxidation sites excluding steroid dienone is 3. The van der Waals surface area contributed by atoms with Crippen molar-refractivity contribution in [2.45, 2.75) is 19.8 Å². The predicted molar refractivity (Wildman–Crippen MR) is 132 cm³/mol. The number of hydrogen-bond acceptors (Lipinski definition) is 6. The van der Waals surface area contributed by atoms with E-state index in [1.807, 2.05) is 6.07 Å². The Balaban J connectivity index is 1.45. The SMILES string of the molecule is CC1C=C(c2cnc(N)c(-c3nnnn3-c3cccc(Cl)c3Cl)c2)C=CC1CN1CCCC1. The van der Waals surface area contributed by atoms with Crippen molar-refractivity contribution in [2.24, 2.45) is 11.8 Å². The number of hydrogen-bond donors (Lipinski definition) is 1. The Morgan fingerprint density at radius 2 is 2.00 bits per heavy atom. The minimum absolute atomic E-state index is 0.341. The molecule has 7 nitrogen and oxygen atoms in total. The van der Waals surface area contributed by atoms with Gasteiger partial charge in [0.1, 0.15) is 5.82 Å². The van der Waals surface area contributed by atoms with Gasteiger partial charge in [0.05, 0.1) is 21.3 Å². The molecule has 2 N–H and O–H groups in total. The van der Waals surface area contributed by atoms with Gasteiger partial charge in [-0.1, -0.05) is 54.4 Å². The summed E-state index contributed by atoms with van der Waals surface area (Å²) in [5.41, 5.74) is 9.54. The third-order valence-electron chi connectivity index (χ3n) is 6.43. The average molecular weight is 482 g/mol. The Labute approximate surface area is 202 Å². The summed E-state index contributed by atoms with van der Waals surface area (Å²) in [6.45, 7) is 5.81. The van der Waals surface area contributed by atoms with E-state index in [4.69, 9.17) is 28.9 Å². The molecule has 1 aromatic carbocycles. The van der Waals surface area contributed by atoms with Crippen LogP contribution in [0.15, 0.2) is 48.7 Å².